The molecule has 0 fully saturated rings. The number of rotatable bonds is 6. The van der Waals surface area contributed by atoms with E-state index < -0.39 is 6.61 Å². The van der Waals surface area contributed by atoms with Crippen molar-refractivity contribution >= 4 is 16.8 Å². The van der Waals surface area contributed by atoms with E-state index >= 15 is 0 Å². The van der Waals surface area contributed by atoms with Crippen LogP contribution in [0.3, 0.4) is 0 Å². The molecular weight excluding hydrogens is 366 g/mol. The highest BCUT2D eigenvalue weighted by atomic mass is 19.3. The third kappa shape index (κ3) is 4.11. The van der Waals surface area contributed by atoms with Crippen LogP contribution in [-0.2, 0) is 17.8 Å². The summed E-state index contributed by atoms with van der Waals surface area (Å²) in [6.07, 6.45) is 3.77. The summed E-state index contributed by atoms with van der Waals surface area (Å²) < 4.78 is 32.2. The van der Waals surface area contributed by atoms with E-state index in [1.54, 1.807) is 27.2 Å². The zero-order valence-electron chi connectivity index (χ0n) is 16.2. The number of fused-ring (bicyclic) bond motifs is 1. The van der Waals surface area contributed by atoms with Crippen LogP contribution in [0.1, 0.15) is 22.5 Å². The molecule has 0 aliphatic rings. The van der Waals surface area contributed by atoms with E-state index in [0.29, 0.717) is 23.4 Å². The van der Waals surface area contributed by atoms with Crippen LogP contribution in [0.2, 0.25) is 0 Å². The van der Waals surface area contributed by atoms with Crippen LogP contribution in [0, 0.1) is 13.8 Å². The van der Waals surface area contributed by atoms with E-state index in [0.717, 1.165) is 16.5 Å². The second-order valence-electron chi connectivity index (χ2n) is 6.84. The Morgan fingerprint density at radius 3 is 2.71 bits per heavy atom. The first-order valence-electron chi connectivity index (χ1n) is 8.81. The van der Waals surface area contributed by atoms with Crippen molar-refractivity contribution < 1.29 is 18.3 Å². The number of hydrogen-bond donors (Lipinski definition) is 0. The first kappa shape index (κ1) is 19.7. The summed E-state index contributed by atoms with van der Waals surface area (Å²) in [5.41, 5.74) is 3.55. The lowest BCUT2D eigenvalue weighted by atomic mass is 10.0. The molecule has 0 aliphatic carbocycles. The van der Waals surface area contributed by atoms with Crippen molar-refractivity contribution in [1.29, 1.82) is 0 Å². The van der Waals surface area contributed by atoms with Crippen molar-refractivity contribution in [3.05, 3.63) is 53.1 Å². The molecule has 0 unspecified atom stereocenters. The highest BCUT2D eigenvalue weighted by Crippen LogP contribution is 2.28. The normalized spacial score (nSPS) is 11.2. The highest BCUT2D eigenvalue weighted by Gasteiger charge is 2.18. The van der Waals surface area contributed by atoms with Gasteiger partial charge < -0.3 is 14.2 Å². The van der Waals surface area contributed by atoms with Gasteiger partial charge in [0.1, 0.15) is 6.54 Å². The molecular formula is C20H22F2N4O2. The fourth-order valence-corrected chi connectivity index (χ4v) is 3.14. The molecule has 0 atom stereocenters. The van der Waals surface area contributed by atoms with Crippen molar-refractivity contribution in [2.75, 3.05) is 14.1 Å². The Morgan fingerprint density at radius 1 is 1.29 bits per heavy atom. The first-order chi connectivity index (χ1) is 13.3. The number of nitrogens with zero attached hydrogens (tertiary/aromatic N) is 4. The average Bonchev–Trinajstić information content (AvgIpc) is 3.01. The van der Waals surface area contributed by atoms with Crippen LogP contribution in [-0.4, -0.2) is 46.0 Å². The van der Waals surface area contributed by atoms with E-state index in [2.05, 4.69) is 14.7 Å². The number of ether oxygens (including phenoxy) is 1. The number of alkyl halides is 2. The number of amides is 1. The molecule has 8 heteroatoms. The van der Waals surface area contributed by atoms with Crippen LogP contribution < -0.4 is 4.74 Å². The van der Waals surface area contributed by atoms with E-state index in [-0.39, 0.29) is 18.3 Å². The second-order valence-corrected chi connectivity index (χ2v) is 6.84. The Bertz CT molecular complexity index is 1010. The molecule has 0 saturated carbocycles. The lowest BCUT2D eigenvalue weighted by Crippen LogP contribution is -2.25. The molecule has 1 amide bonds. The quantitative estimate of drug-likeness (QED) is 0.650. The Hall–Kier alpha value is -3.03. The Morgan fingerprint density at radius 2 is 2.04 bits per heavy atom. The maximum absolute atomic E-state index is 12.8. The van der Waals surface area contributed by atoms with Gasteiger partial charge in [0.15, 0.2) is 0 Å². The zero-order chi connectivity index (χ0) is 20.4. The van der Waals surface area contributed by atoms with Crippen LogP contribution in [0.5, 0.6) is 5.88 Å². The SMILES string of the molecule is Cc1cc(C)c(Cc2nccc3c2ccn3CC(=O)N(C)C)c(OC(F)F)n1. The van der Waals surface area contributed by atoms with Gasteiger partial charge in [0.25, 0.3) is 0 Å². The molecule has 6 nitrogen and oxygen atoms in total. The van der Waals surface area contributed by atoms with Crippen molar-refractivity contribution in [3.8, 4) is 5.88 Å². The van der Waals surface area contributed by atoms with Crippen molar-refractivity contribution in [1.82, 2.24) is 19.4 Å². The molecule has 0 radical (unpaired) electrons. The summed E-state index contributed by atoms with van der Waals surface area (Å²) in [6, 6.07) is 5.54. The Balaban J connectivity index is 2.00. The molecule has 3 aromatic rings. The lowest BCUT2D eigenvalue weighted by Gasteiger charge is -2.14. The Labute approximate surface area is 161 Å². The average molecular weight is 388 g/mol. The first-order valence-corrected chi connectivity index (χ1v) is 8.81. The molecule has 3 rings (SSSR count). The number of carbonyl (C=O) groups excluding carboxylic acids is 1. The van der Waals surface area contributed by atoms with Gasteiger partial charge in [0, 0.05) is 49.6 Å². The number of halogens is 2. The molecule has 0 aliphatic heterocycles. The van der Waals surface area contributed by atoms with Crippen molar-refractivity contribution in [2.24, 2.45) is 0 Å². The van der Waals surface area contributed by atoms with Gasteiger partial charge >= 0.3 is 6.61 Å². The van der Waals surface area contributed by atoms with Crippen LogP contribution in [0.4, 0.5) is 8.78 Å². The molecule has 148 valence electrons. The largest absolute Gasteiger partial charge is 0.417 e. The van der Waals surface area contributed by atoms with Crippen LogP contribution >= 0.6 is 0 Å². The smallest absolute Gasteiger partial charge is 0.388 e. The van der Waals surface area contributed by atoms with Gasteiger partial charge in [-0.3, -0.25) is 9.78 Å². The molecule has 0 saturated heterocycles. The fourth-order valence-electron chi connectivity index (χ4n) is 3.14. The highest BCUT2D eigenvalue weighted by molar-refractivity contribution is 5.85. The third-order valence-electron chi connectivity index (χ3n) is 4.57. The summed E-state index contributed by atoms with van der Waals surface area (Å²) in [7, 11) is 3.41. The summed E-state index contributed by atoms with van der Waals surface area (Å²) >= 11 is 0. The van der Waals surface area contributed by atoms with Gasteiger partial charge in [0.2, 0.25) is 11.8 Å². The van der Waals surface area contributed by atoms with Gasteiger partial charge in [-0.15, -0.1) is 0 Å². The van der Waals surface area contributed by atoms with E-state index in [9.17, 15) is 13.6 Å². The van der Waals surface area contributed by atoms with Gasteiger partial charge in [-0.25, -0.2) is 4.98 Å². The number of aromatic nitrogens is 3. The zero-order valence-corrected chi connectivity index (χ0v) is 16.2. The minimum absolute atomic E-state index is 0.0259. The van der Waals surface area contributed by atoms with E-state index in [4.69, 9.17) is 0 Å². The predicted octanol–water partition coefficient (Wildman–Crippen LogP) is 3.33. The molecule has 0 aromatic carbocycles. The lowest BCUT2D eigenvalue weighted by molar-refractivity contribution is -0.129. The molecule has 0 spiro atoms. The summed E-state index contributed by atoms with van der Waals surface area (Å²) in [6.45, 7) is 0.832. The van der Waals surface area contributed by atoms with Gasteiger partial charge in [-0.05, 0) is 37.6 Å². The summed E-state index contributed by atoms with van der Waals surface area (Å²) in [5.74, 6) is -0.101. The molecule has 0 bridgehead atoms. The minimum Gasteiger partial charge on any atom is -0.417 e. The van der Waals surface area contributed by atoms with Gasteiger partial charge in [-0.2, -0.15) is 8.78 Å². The molecule has 3 heterocycles. The third-order valence-corrected chi connectivity index (χ3v) is 4.57. The molecule has 28 heavy (non-hydrogen) atoms. The van der Waals surface area contributed by atoms with E-state index in [1.807, 2.05) is 35.9 Å². The number of aryl methyl sites for hydroxylation is 2. The topological polar surface area (TPSA) is 60.2 Å². The molecule has 3 aromatic heterocycles. The van der Waals surface area contributed by atoms with Crippen molar-refractivity contribution in [2.45, 2.75) is 33.4 Å². The second kappa shape index (κ2) is 7.92. The summed E-state index contributed by atoms with van der Waals surface area (Å²) in [5, 5.41) is 0.858. The monoisotopic (exact) mass is 388 g/mol. The number of carbonyl (C=O) groups is 1. The Kier molecular flexibility index (Phi) is 5.58. The maximum atomic E-state index is 12.8. The maximum Gasteiger partial charge on any atom is 0.388 e. The number of likely N-dealkylation sites (N-methyl/N-ethyl adjacent to an activating group) is 1. The van der Waals surface area contributed by atoms with Crippen LogP contribution in [0.15, 0.2) is 30.6 Å². The summed E-state index contributed by atoms with van der Waals surface area (Å²) in [4.78, 5) is 22.1. The van der Waals surface area contributed by atoms with E-state index in [1.165, 1.54) is 4.90 Å². The predicted molar refractivity (Wildman–Crippen MR) is 102 cm³/mol. The standard InChI is InChI=1S/C20H22F2N4O2/c1-12-9-13(2)24-19(28-20(21)22)15(12)10-16-14-6-8-26(11-18(27)25(3)4)17(14)5-7-23-16/h5-9,20H,10-11H2,1-4H3. The fraction of sp³-hybridized carbons (Fsp3) is 0.350. The van der Waals surface area contributed by atoms with Gasteiger partial charge in [0.05, 0.1) is 11.2 Å². The van der Waals surface area contributed by atoms with Crippen LogP contribution in [0.25, 0.3) is 10.9 Å². The molecule has 0 N–H and O–H groups in total. The van der Waals surface area contributed by atoms with Crippen molar-refractivity contribution in [3.63, 3.8) is 0 Å². The minimum atomic E-state index is -2.95. The van der Waals surface area contributed by atoms with Gasteiger partial charge in [-0.1, -0.05) is 0 Å². The number of hydrogen-bond acceptors (Lipinski definition) is 4. The number of pyridine rings is 2.